The van der Waals surface area contributed by atoms with Crippen molar-refractivity contribution in [2.24, 2.45) is 0 Å². The number of aryl methyl sites for hydroxylation is 1. The Hall–Kier alpha value is -3.23. The summed E-state index contributed by atoms with van der Waals surface area (Å²) in [7, 11) is 0. The van der Waals surface area contributed by atoms with Crippen LogP contribution in [-0.4, -0.2) is 40.3 Å². The molecule has 1 saturated carbocycles. The highest BCUT2D eigenvalue weighted by Gasteiger charge is 2.20. The molecule has 1 heterocycles. The van der Waals surface area contributed by atoms with Gasteiger partial charge in [0.15, 0.2) is 12.3 Å². The standard InChI is InChI=1S/C21H26N4O5/c1-2-12-25-19(27)16-11-7-6-10-15(16)18(24-25)20(28)30-13-17(26)23-21(29)22-14-8-4-3-5-9-14/h6-7,10-11,14H,2-5,8-9,12-13H2,1H3,(H2,22,23,26,29). The third-order valence-electron chi connectivity index (χ3n) is 5.02. The summed E-state index contributed by atoms with van der Waals surface area (Å²) in [5.74, 6) is -1.57. The lowest BCUT2D eigenvalue weighted by Crippen LogP contribution is -2.46. The van der Waals surface area contributed by atoms with Gasteiger partial charge in [0.25, 0.3) is 11.5 Å². The first kappa shape index (κ1) is 21.5. The molecule has 2 N–H and O–H groups in total. The van der Waals surface area contributed by atoms with Crippen molar-refractivity contribution in [3.63, 3.8) is 0 Å². The lowest BCUT2D eigenvalue weighted by Gasteiger charge is -2.22. The number of esters is 1. The average molecular weight is 414 g/mol. The number of amides is 3. The van der Waals surface area contributed by atoms with Crippen LogP contribution in [0.5, 0.6) is 0 Å². The Balaban J connectivity index is 1.63. The first-order valence-corrected chi connectivity index (χ1v) is 10.3. The molecule has 0 atom stereocenters. The third kappa shape index (κ3) is 5.22. The minimum absolute atomic E-state index is 0.0434. The molecule has 9 heteroatoms. The van der Waals surface area contributed by atoms with Crippen LogP contribution in [0.3, 0.4) is 0 Å². The van der Waals surface area contributed by atoms with E-state index in [1.165, 1.54) is 4.68 Å². The minimum Gasteiger partial charge on any atom is -0.451 e. The molecule has 1 aliphatic carbocycles. The maximum Gasteiger partial charge on any atom is 0.359 e. The first-order valence-electron chi connectivity index (χ1n) is 10.3. The van der Waals surface area contributed by atoms with Gasteiger partial charge in [-0.2, -0.15) is 5.10 Å². The van der Waals surface area contributed by atoms with Crippen molar-refractivity contribution in [2.45, 2.75) is 58.0 Å². The molecule has 160 valence electrons. The van der Waals surface area contributed by atoms with Crippen LogP contribution in [0.25, 0.3) is 10.8 Å². The van der Waals surface area contributed by atoms with Crippen LogP contribution in [0.1, 0.15) is 55.9 Å². The summed E-state index contributed by atoms with van der Waals surface area (Å²) < 4.78 is 6.27. The summed E-state index contributed by atoms with van der Waals surface area (Å²) in [6.45, 7) is 1.62. The van der Waals surface area contributed by atoms with Gasteiger partial charge in [-0.3, -0.25) is 14.9 Å². The SMILES string of the molecule is CCCn1nc(C(=O)OCC(=O)NC(=O)NC2CCCCC2)c2ccccc2c1=O. The van der Waals surface area contributed by atoms with E-state index in [0.717, 1.165) is 32.1 Å². The topological polar surface area (TPSA) is 119 Å². The van der Waals surface area contributed by atoms with Crippen molar-refractivity contribution in [1.82, 2.24) is 20.4 Å². The largest absolute Gasteiger partial charge is 0.451 e. The fraction of sp³-hybridized carbons (Fsp3) is 0.476. The second-order valence-corrected chi connectivity index (χ2v) is 7.36. The van der Waals surface area contributed by atoms with Crippen LogP contribution in [0.4, 0.5) is 4.79 Å². The maximum atomic E-state index is 12.6. The second-order valence-electron chi connectivity index (χ2n) is 7.36. The van der Waals surface area contributed by atoms with Gasteiger partial charge < -0.3 is 10.1 Å². The number of carbonyl (C=O) groups excluding carboxylic acids is 3. The molecule has 0 aliphatic heterocycles. The summed E-state index contributed by atoms with van der Waals surface area (Å²) in [6.07, 6.45) is 5.71. The Morgan fingerprint density at radius 1 is 1.13 bits per heavy atom. The van der Waals surface area contributed by atoms with Gasteiger partial charge in [0.1, 0.15) is 0 Å². The van der Waals surface area contributed by atoms with Crippen LogP contribution in [0, 0.1) is 0 Å². The predicted molar refractivity (Wildman–Crippen MR) is 110 cm³/mol. The first-order chi connectivity index (χ1) is 14.5. The van der Waals surface area contributed by atoms with Crippen molar-refractivity contribution in [3.8, 4) is 0 Å². The minimum atomic E-state index is -0.834. The summed E-state index contributed by atoms with van der Waals surface area (Å²) in [4.78, 5) is 49.0. The van der Waals surface area contributed by atoms with E-state index in [1.807, 2.05) is 6.92 Å². The lowest BCUT2D eigenvalue weighted by atomic mass is 9.96. The molecule has 0 bridgehead atoms. The molecule has 3 rings (SSSR count). The van der Waals surface area contributed by atoms with E-state index in [-0.39, 0.29) is 17.3 Å². The molecule has 0 radical (unpaired) electrons. The Morgan fingerprint density at radius 2 is 1.83 bits per heavy atom. The Morgan fingerprint density at radius 3 is 2.53 bits per heavy atom. The number of hydrogen-bond acceptors (Lipinski definition) is 6. The number of imide groups is 1. The third-order valence-corrected chi connectivity index (χ3v) is 5.02. The molecule has 1 aliphatic rings. The molecule has 1 aromatic carbocycles. The van der Waals surface area contributed by atoms with Gasteiger partial charge in [0, 0.05) is 18.0 Å². The number of rotatable bonds is 6. The van der Waals surface area contributed by atoms with Gasteiger partial charge in [0.05, 0.1) is 5.39 Å². The summed E-state index contributed by atoms with van der Waals surface area (Å²) in [5.41, 5.74) is -0.334. The van der Waals surface area contributed by atoms with Crippen molar-refractivity contribution in [3.05, 3.63) is 40.3 Å². The number of hydrogen-bond donors (Lipinski definition) is 2. The summed E-state index contributed by atoms with van der Waals surface area (Å²) in [6, 6.07) is 6.08. The average Bonchev–Trinajstić information content (AvgIpc) is 2.75. The zero-order chi connectivity index (χ0) is 21.5. The van der Waals surface area contributed by atoms with E-state index < -0.39 is 24.5 Å². The van der Waals surface area contributed by atoms with E-state index in [2.05, 4.69) is 15.7 Å². The fourth-order valence-corrected chi connectivity index (χ4v) is 3.58. The normalized spacial score (nSPS) is 14.3. The Kier molecular flexibility index (Phi) is 7.16. The van der Waals surface area contributed by atoms with Crippen LogP contribution in [-0.2, 0) is 16.1 Å². The zero-order valence-electron chi connectivity index (χ0n) is 17.0. The molecule has 3 amide bonds. The second kappa shape index (κ2) is 10.00. The monoisotopic (exact) mass is 414 g/mol. The smallest absolute Gasteiger partial charge is 0.359 e. The number of nitrogens with zero attached hydrogens (tertiary/aromatic N) is 2. The number of aromatic nitrogens is 2. The Bertz CT molecular complexity index is 995. The molecule has 30 heavy (non-hydrogen) atoms. The molecule has 2 aromatic rings. The van der Waals surface area contributed by atoms with Crippen LogP contribution in [0.2, 0.25) is 0 Å². The van der Waals surface area contributed by atoms with E-state index >= 15 is 0 Å². The highest BCUT2D eigenvalue weighted by atomic mass is 16.5. The van der Waals surface area contributed by atoms with E-state index in [4.69, 9.17) is 4.74 Å². The Labute approximate surface area is 173 Å². The van der Waals surface area contributed by atoms with Crippen molar-refractivity contribution in [1.29, 1.82) is 0 Å². The van der Waals surface area contributed by atoms with Crippen molar-refractivity contribution in [2.75, 3.05) is 6.61 Å². The van der Waals surface area contributed by atoms with Gasteiger partial charge >= 0.3 is 12.0 Å². The number of urea groups is 1. The number of nitrogens with one attached hydrogen (secondary N) is 2. The number of benzene rings is 1. The van der Waals surface area contributed by atoms with E-state index in [0.29, 0.717) is 23.7 Å². The number of fused-ring (bicyclic) bond motifs is 1. The van der Waals surface area contributed by atoms with E-state index in [1.54, 1.807) is 24.3 Å². The highest BCUT2D eigenvalue weighted by molar-refractivity contribution is 6.03. The molecule has 0 unspecified atom stereocenters. The van der Waals surface area contributed by atoms with Gasteiger partial charge in [-0.1, -0.05) is 44.4 Å². The zero-order valence-corrected chi connectivity index (χ0v) is 17.0. The van der Waals surface area contributed by atoms with Gasteiger partial charge in [0.2, 0.25) is 0 Å². The highest BCUT2D eigenvalue weighted by Crippen LogP contribution is 2.17. The molecule has 0 spiro atoms. The molecular formula is C21H26N4O5. The van der Waals surface area contributed by atoms with Gasteiger partial charge in [-0.15, -0.1) is 0 Å². The van der Waals surface area contributed by atoms with Crippen LogP contribution in [0.15, 0.2) is 29.1 Å². The number of ether oxygens (including phenoxy) is 1. The van der Waals surface area contributed by atoms with Gasteiger partial charge in [-0.25, -0.2) is 14.3 Å². The van der Waals surface area contributed by atoms with E-state index in [9.17, 15) is 19.2 Å². The summed E-state index contributed by atoms with van der Waals surface area (Å²) in [5, 5.41) is 9.76. The quantitative estimate of drug-likeness (QED) is 0.699. The molecular weight excluding hydrogens is 388 g/mol. The predicted octanol–water partition coefficient (Wildman–Crippen LogP) is 2.12. The molecule has 0 saturated heterocycles. The number of carbonyl (C=O) groups is 3. The molecule has 1 fully saturated rings. The molecule has 9 nitrogen and oxygen atoms in total. The summed E-state index contributed by atoms with van der Waals surface area (Å²) >= 11 is 0. The van der Waals surface area contributed by atoms with Crippen LogP contribution < -0.4 is 16.2 Å². The fourth-order valence-electron chi connectivity index (χ4n) is 3.58. The lowest BCUT2D eigenvalue weighted by molar-refractivity contribution is -0.123. The maximum absolute atomic E-state index is 12.6. The van der Waals surface area contributed by atoms with Crippen LogP contribution >= 0.6 is 0 Å². The molecule has 1 aromatic heterocycles. The van der Waals surface area contributed by atoms with Crippen molar-refractivity contribution >= 4 is 28.7 Å². The van der Waals surface area contributed by atoms with Gasteiger partial charge in [-0.05, 0) is 25.3 Å². The van der Waals surface area contributed by atoms with Crippen molar-refractivity contribution < 1.29 is 19.1 Å².